The summed E-state index contributed by atoms with van der Waals surface area (Å²) in [6.07, 6.45) is -1.06. The maximum atomic E-state index is 14.1. The van der Waals surface area contributed by atoms with Crippen LogP contribution in [-0.2, 0) is 38.2 Å². The van der Waals surface area contributed by atoms with Crippen LogP contribution in [0.2, 0.25) is 0 Å². The predicted octanol–water partition coefficient (Wildman–Crippen LogP) is 3.52. The van der Waals surface area contributed by atoms with Crippen LogP contribution in [-0.4, -0.2) is 80.2 Å². The van der Waals surface area contributed by atoms with Gasteiger partial charge < -0.3 is 25.0 Å². The van der Waals surface area contributed by atoms with Crippen LogP contribution in [0.1, 0.15) is 67.7 Å². The molecule has 0 unspecified atom stereocenters. The van der Waals surface area contributed by atoms with Gasteiger partial charge in [-0.15, -0.1) is 0 Å². The Bertz CT molecular complexity index is 1340. The van der Waals surface area contributed by atoms with E-state index in [2.05, 4.69) is 26.6 Å². The quantitative estimate of drug-likeness (QED) is 0.293. The van der Waals surface area contributed by atoms with Gasteiger partial charge >= 0.3 is 12.1 Å². The SMILES string of the molecule is CC[C@H]1C[C@]1(NC(=O)[C@@H]1C[C@H](OS(=O)(=O)c2ccc(Br)cc2)CN1C(=O)[C@@H](NC(=O)OC(C)(C)C)C(C)(C)C)C(=O)OC. The molecule has 3 amide bonds. The van der Waals surface area contributed by atoms with Crippen molar-refractivity contribution in [1.29, 1.82) is 0 Å². The summed E-state index contributed by atoms with van der Waals surface area (Å²) >= 11 is 3.27. The van der Waals surface area contributed by atoms with E-state index in [9.17, 15) is 27.6 Å². The number of ether oxygens (including phenoxy) is 2. The van der Waals surface area contributed by atoms with E-state index in [-0.39, 0.29) is 23.8 Å². The molecule has 0 radical (unpaired) electrons. The fraction of sp³-hybridized carbons (Fsp3) is 0.655. The standard InChI is InChI=1S/C29H42BrN3O9S/c1-9-17-15-29(17,25(36)40-8)32-23(34)21-14-19(42-43(38,39)20-12-10-18(30)11-13-20)16-33(21)24(35)22(27(2,3)4)31-26(37)41-28(5,6)7/h10-13,17,19,21-22H,9,14-16H2,1-8H3,(H,31,37)(H,32,34)/t17-,19-,21-,22+,29+/m0/s1. The molecule has 43 heavy (non-hydrogen) atoms. The minimum atomic E-state index is -4.25. The van der Waals surface area contributed by atoms with E-state index in [1.165, 1.54) is 24.1 Å². The summed E-state index contributed by atoms with van der Waals surface area (Å²) in [5.41, 5.74) is -2.88. The first-order valence-electron chi connectivity index (χ1n) is 14.1. The van der Waals surface area contributed by atoms with Crippen LogP contribution in [0.15, 0.2) is 33.6 Å². The topological polar surface area (TPSA) is 157 Å². The van der Waals surface area contributed by atoms with Crippen molar-refractivity contribution >= 4 is 49.9 Å². The number of nitrogens with one attached hydrogen (secondary N) is 2. The lowest BCUT2D eigenvalue weighted by Crippen LogP contribution is -2.59. The molecular formula is C29H42BrN3O9S. The number of halogens is 1. The minimum absolute atomic E-state index is 0.0888. The summed E-state index contributed by atoms with van der Waals surface area (Å²) in [4.78, 5) is 54.3. The lowest BCUT2D eigenvalue weighted by molar-refractivity contribution is -0.148. The fourth-order valence-corrected chi connectivity index (χ4v) is 6.54. The molecular weight excluding hydrogens is 646 g/mol. The maximum absolute atomic E-state index is 14.1. The molecule has 1 aromatic carbocycles. The number of likely N-dealkylation sites (tertiary alicyclic amines) is 1. The summed E-state index contributed by atoms with van der Waals surface area (Å²) in [5.74, 6) is -2.00. The molecule has 240 valence electrons. The van der Waals surface area contributed by atoms with Crippen molar-refractivity contribution in [3.8, 4) is 0 Å². The van der Waals surface area contributed by atoms with Crippen LogP contribution in [0.25, 0.3) is 0 Å². The van der Waals surface area contributed by atoms with E-state index in [4.69, 9.17) is 13.7 Å². The van der Waals surface area contributed by atoms with Gasteiger partial charge in [0.2, 0.25) is 11.8 Å². The summed E-state index contributed by atoms with van der Waals surface area (Å²) in [6.45, 7) is 11.9. The monoisotopic (exact) mass is 687 g/mol. The van der Waals surface area contributed by atoms with Crippen molar-refractivity contribution in [1.82, 2.24) is 15.5 Å². The van der Waals surface area contributed by atoms with Gasteiger partial charge in [-0.05, 0) is 62.8 Å². The highest BCUT2D eigenvalue weighted by Gasteiger charge is 2.62. The van der Waals surface area contributed by atoms with Crippen LogP contribution in [0.4, 0.5) is 4.79 Å². The molecule has 1 saturated heterocycles. The van der Waals surface area contributed by atoms with E-state index in [1.807, 2.05) is 6.92 Å². The zero-order valence-electron chi connectivity index (χ0n) is 25.9. The number of benzene rings is 1. The zero-order valence-corrected chi connectivity index (χ0v) is 28.3. The highest BCUT2D eigenvalue weighted by molar-refractivity contribution is 9.10. The van der Waals surface area contributed by atoms with Gasteiger partial charge in [-0.3, -0.25) is 13.8 Å². The van der Waals surface area contributed by atoms with Crippen LogP contribution in [0.5, 0.6) is 0 Å². The highest BCUT2D eigenvalue weighted by Crippen LogP contribution is 2.47. The summed E-state index contributed by atoms with van der Waals surface area (Å²) in [6, 6.07) is 3.53. The Hall–Kier alpha value is -2.71. The van der Waals surface area contributed by atoms with Crippen LogP contribution in [0, 0.1) is 11.3 Å². The van der Waals surface area contributed by atoms with Gasteiger partial charge in [0.15, 0.2) is 0 Å². The number of hydrogen-bond acceptors (Lipinski definition) is 9. The average Bonchev–Trinajstić information content (AvgIpc) is 3.44. The first kappa shape index (κ1) is 34.8. The molecule has 0 bridgehead atoms. The summed E-state index contributed by atoms with van der Waals surface area (Å²) < 4.78 is 42.7. The molecule has 3 rings (SSSR count). The van der Waals surface area contributed by atoms with E-state index in [0.29, 0.717) is 17.3 Å². The van der Waals surface area contributed by atoms with Crippen molar-refractivity contribution in [3.63, 3.8) is 0 Å². The van der Waals surface area contributed by atoms with Gasteiger partial charge in [-0.25, -0.2) is 9.59 Å². The molecule has 1 heterocycles. The Labute approximate surface area is 261 Å². The van der Waals surface area contributed by atoms with Gasteiger partial charge in [0.05, 0.1) is 18.1 Å². The smallest absolute Gasteiger partial charge is 0.408 e. The van der Waals surface area contributed by atoms with E-state index in [0.717, 1.165) is 0 Å². The molecule has 14 heteroatoms. The average molecular weight is 689 g/mol. The number of amides is 3. The number of methoxy groups -OCH3 is 1. The van der Waals surface area contributed by atoms with E-state index in [1.54, 1.807) is 53.7 Å². The normalized spacial score (nSPS) is 24.6. The van der Waals surface area contributed by atoms with Crippen molar-refractivity contribution in [2.45, 2.75) is 102 Å². The third kappa shape index (κ3) is 8.27. The van der Waals surface area contributed by atoms with Gasteiger partial charge in [-0.1, -0.05) is 50.0 Å². The molecule has 0 aromatic heterocycles. The van der Waals surface area contributed by atoms with E-state index < -0.39 is 68.7 Å². The Morgan fingerprint density at radius 1 is 1.09 bits per heavy atom. The Kier molecular flexibility index (Phi) is 10.3. The predicted molar refractivity (Wildman–Crippen MR) is 160 cm³/mol. The first-order valence-corrected chi connectivity index (χ1v) is 16.3. The first-order chi connectivity index (χ1) is 19.7. The molecule has 0 spiro atoms. The van der Waals surface area contributed by atoms with Crippen LogP contribution >= 0.6 is 15.9 Å². The van der Waals surface area contributed by atoms with Crippen molar-refractivity contribution in [2.75, 3.05) is 13.7 Å². The molecule has 1 aliphatic heterocycles. The summed E-state index contributed by atoms with van der Waals surface area (Å²) in [5, 5.41) is 5.41. The highest BCUT2D eigenvalue weighted by atomic mass is 79.9. The number of esters is 1. The zero-order chi connectivity index (χ0) is 32.5. The van der Waals surface area contributed by atoms with Gasteiger partial charge in [-0.2, -0.15) is 8.42 Å². The Morgan fingerprint density at radius 2 is 1.70 bits per heavy atom. The lowest BCUT2D eigenvalue weighted by Gasteiger charge is -2.36. The Balaban J connectivity index is 1.93. The van der Waals surface area contributed by atoms with Crippen LogP contribution in [0.3, 0.4) is 0 Å². The molecule has 5 atom stereocenters. The number of alkyl carbamates (subject to hydrolysis) is 1. The van der Waals surface area contributed by atoms with Gasteiger partial charge in [0, 0.05) is 17.4 Å². The fourth-order valence-electron chi connectivity index (χ4n) is 5.20. The molecule has 1 aromatic rings. The molecule has 2 aliphatic rings. The Morgan fingerprint density at radius 3 is 2.19 bits per heavy atom. The lowest BCUT2D eigenvalue weighted by atomic mass is 9.85. The van der Waals surface area contributed by atoms with Gasteiger partial charge in [0.1, 0.15) is 23.2 Å². The second kappa shape index (κ2) is 12.7. The van der Waals surface area contributed by atoms with Crippen molar-refractivity contribution in [3.05, 3.63) is 28.7 Å². The van der Waals surface area contributed by atoms with E-state index >= 15 is 0 Å². The number of nitrogens with zero attached hydrogens (tertiary/aromatic N) is 1. The maximum Gasteiger partial charge on any atom is 0.408 e. The van der Waals surface area contributed by atoms with Crippen molar-refractivity contribution < 1.29 is 41.3 Å². The second-order valence-electron chi connectivity index (χ2n) is 13.1. The third-order valence-corrected chi connectivity index (χ3v) is 9.39. The minimum Gasteiger partial charge on any atom is -0.467 e. The number of hydrogen-bond donors (Lipinski definition) is 2. The number of carbonyl (C=O) groups is 4. The molecule has 12 nitrogen and oxygen atoms in total. The van der Waals surface area contributed by atoms with Crippen LogP contribution < -0.4 is 10.6 Å². The number of carbonyl (C=O) groups excluding carboxylic acids is 4. The summed E-state index contributed by atoms with van der Waals surface area (Å²) in [7, 11) is -3.02. The second-order valence-corrected chi connectivity index (χ2v) is 15.6. The molecule has 1 saturated carbocycles. The third-order valence-electron chi connectivity index (χ3n) is 7.48. The molecule has 1 aliphatic carbocycles. The molecule has 2 fully saturated rings. The number of rotatable bonds is 9. The largest absolute Gasteiger partial charge is 0.467 e. The van der Waals surface area contributed by atoms with Gasteiger partial charge in [0.25, 0.3) is 10.1 Å². The van der Waals surface area contributed by atoms with Crippen molar-refractivity contribution in [2.24, 2.45) is 11.3 Å². The molecule has 2 N–H and O–H groups in total.